The van der Waals surface area contributed by atoms with Crippen LogP contribution in [0.4, 0.5) is 0 Å². The molecule has 1 fully saturated rings. The molecule has 10 heavy (non-hydrogen) atoms. The van der Waals surface area contributed by atoms with Gasteiger partial charge in [-0.2, -0.15) is 0 Å². The summed E-state index contributed by atoms with van der Waals surface area (Å²) in [5.74, 6) is 2.34. The van der Waals surface area contributed by atoms with Gasteiger partial charge in [-0.3, -0.25) is 0 Å². The third-order valence-corrected chi connectivity index (χ3v) is 3.20. The molecule has 0 spiro atoms. The average Bonchev–Trinajstić information content (AvgIpc) is 2.27. The van der Waals surface area contributed by atoms with Crippen LogP contribution in [0.1, 0.15) is 20.8 Å². The molecule has 0 radical (unpaired) electrons. The Hall–Kier alpha value is -0.460. The van der Waals surface area contributed by atoms with Crippen molar-refractivity contribution in [2.24, 2.45) is 17.8 Å². The molecule has 1 saturated carbocycles. The highest BCUT2D eigenvalue weighted by Gasteiger charge is 2.49. The van der Waals surface area contributed by atoms with Crippen molar-refractivity contribution in [3.63, 3.8) is 0 Å². The molecule has 1 aliphatic carbocycles. The normalized spacial score (nSPS) is 50.9. The van der Waals surface area contributed by atoms with Gasteiger partial charge in [-0.1, -0.05) is 13.8 Å². The second-order valence-corrected chi connectivity index (χ2v) is 3.71. The maximum atomic E-state index is 5.48. The lowest BCUT2D eigenvalue weighted by Gasteiger charge is -2.44. The molecule has 4 unspecified atom stereocenters. The summed E-state index contributed by atoms with van der Waals surface area (Å²) in [4.78, 5) is 0. The van der Waals surface area contributed by atoms with Crippen LogP contribution in [0.2, 0.25) is 0 Å². The van der Waals surface area contributed by atoms with E-state index < -0.39 is 0 Å². The second kappa shape index (κ2) is 1.77. The first-order valence-electron chi connectivity index (χ1n) is 4.04. The van der Waals surface area contributed by atoms with E-state index >= 15 is 0 Å². The average molecular weight is 138 g/mol. The van der Waals surface area contributed by atoms with Crippen LogP contribution in [0.25, 0.3) is 0 Å². The summed E-state index contributed by atoms with van der Waals surface area (Å²) in [5.41, 5.74) is 1.44. The molecule has 0 aromatic heterocycles. The van der Waals surface area contributed by atoms with Gasteiger partial charge in [0.1, 0.15) is 6.10 Å². The van der Waals surface area contributed by atoms with Crippen molar-refractivity contribution in [1.29, 1.82) is 0 Å². The highest BCUT2D eigenvalue weighted by Crippen LogP contribution is 2.49. The van der Waals surface area contributed by atoms with Gasteiger partial charge < -0.3 is 4.74 Å². The van der Waals surface area contributed by atoms with Crippen molar-refractivity contribution in [3.05, 3.63) is 11.8 Å². The minimum Gasteiger partial charge on any atom is -0.497 e. The number of rotatable bonds is 0. The second-order valence-electron chi connectivity index (χ2n) is 3.71. The maximum absolute atomic E-state index is 5.48. The molecule has 1 aliphatic heterocycles. The van der Waals surface area contributed by atoms with Crippen LogP contribution in [-0.2, 0) is 4.74 Å². The molecule has 0 amide bonds. The van der Waals surface area contributed by atoms with Crippen molar-refractivity contribution in [2.75, 3.05) is 0 Å². The number of ether oxygens (including phenoxy) is 1. The first-order chi connectivity index (χ1) is 4.72. The zero-order chi connectivity index (χ0) is 7.30. The van der Waals surface area contributed by atoms with E-state index in [4.69, 9.17) is 4.74 Å². The number of fused-ring (bicyclic) bond motifs is 1. The summed E-state index contributed by atoms with van der Waals surface area (Å²) in [6.07, 6.45) is 2.46. The summed E-state index contributed by atoms with van der Waals surface area (Å²) >= 11 is 0. The van der Waals surface area contributed by atoms with Gasteiger partial charge >= 0.3 is 0 Å². The van der Waals surface area contributed by atoms with E-state index in [1.54, 1.807) is 0 Å². The van der Waals surface area contributed by atoms with Gasteiger partial charge in [-0.25, -0.2) is 0 Å². The van der Waals surface area contributed by atoms with E-state index in [0.29, 0.717) is 6.10 Å². The zero-order valence-electron chi connectivity index (χ0n) is 6.79. The van der Waals surface area contributed by atoms with Crippen LogP contribution >= 0.6 is 0 Å². The van der Waals surface area contributed by atoms with Gasteiger partial charge in [0, 0.05) is 5.92 Å². The Morgan fingerprint density at radius 3 is 2.60 bits per heavy atom. The lowest BCUT2D eigenvalue weighted by atomic mass is 9.62. The standard InChI is InChI=1S/C9H14O/c1-5-4-10-9-7(3)6(2)8(5)9/h4,6-9H,1-3H3. The Morgan fingerprint density at radius 2 is 2.00 bits per heavy atom. The highest BCUT2D eigenvalue weighted by molar-refractivity contribution is 5.17. The summed E-state index contributed by atoms with van der Waals surface area (Å²) in [7, 11) is 0. The molecule has 0 aromatic carbocycles. The van der Waals surface area contributed by atoms with Crippen LogP contribution in [0.3, 0.4) is 0 Å². The molecule has 56 valence electrons. The highest BCUT2D eigenvalue weighted by atomic mass is 16.5. The maximum Gasteiger partial charge on any atom is 0.107 e. The Morgan fingerprint density at radius 1 is 1.30 bits per heavy atom. The summed E-state index contributed by atoms with van der Waals surface area (Å²) < 4.78 is 5.48. The Labute approximate surface area is 62.1 Å². The van der Waals surface area contributed by atoms with Crippen molar-refractivity contribution >= 4 is 0 Å². The van der Waals surface area contributed by atoms with Crippen molar-refractivity contribution < 1.29 is 4.74 Å². The fraction of sp³-hybridized carbons (Fsp3) is 0.778. The summed E-state index contributed by atoms with van der Waals surface area (Å²) in [6.45, 7) is 6.77. The predicted molar refractivity (Wildman–Crippen MR) is 40.4 cm³/mol. The van der Waals surface area contributed by atoms with Crippen molar-refractivity contribution in [3.8, 4) is 0 Å². The van der Waals surface area contributed by atoms with Gasteiger partial charge in [-0.15, -0.1) is 0 Å². The first kappa shape index (κ1) is 6.26. The zero-order valence-corrected chi connectivity index (χ0v) is 6.79. The lowest BCUT2D eigenvalue weighted by Crippen LogP contribution is -2.46. The molecule has 0 bridgehead atoms. The molecule has 2 rings (SSSR count). The van der Waals surface area contributed by atoms with Crippen LogP contribution in [0.5, 0.6) is 0 Å². The summed E-state index contributed by atoms with van der Waals surface area (Å²) in [5, 5.41) is 0. The number of hydrogen-bond acceptors (Lipinski definition) is 1. The van der Waals surface area contributed by atoms with E-state index in [0.717, 1.165) is 17.8 Å². The summed E-state index contributed by atoms with van der Waals surface area (Å²) in [6, 6.07) is 0. The predicted octanol–water partition coefficient (Wildman–Crippen LogP) is 2.19. The monoisotopic (exact) mass is 138 g/mol. The Kier molecular flexibility index (Phi) is 1.11. The smallest absolute Gasteiger partial charge is 0.107 e. The Balaban J connectivity index is 2.16. The molecule has 0 N–H and O–H groups in total. The molecule has 2 aliphatic rings. The number of hydrogen-bond donors (Lipinski definition) is 0. The molecule has 1 nitrogen and oxygen atoms in total. The molecule has 0 saturated heterocycles. The van der Waals surface area contributed by atoms with Crippen molar-refractivity contribution in [2.45, 2.75) is 26.9 Å². The minimum absolute atomic E-state index is 0.523. The SMILES string of the molecule is CC1=COC2C(C)C(C)C12. The van der Waals surface area contributed by atoms with Gasteiger partial charge in [0.2, 0.25) is 0 Å². The van der Waals surface area contributed by atoms with Gasteiger partial charge in [-0.05, 0) is 24.3 Å². The van der Waals surface area contributed by atoms with E-state index in [1.165, 1.54) is 5.57 Å². The van der Waals surface area contributed by atoms with Crippen molar-refractivity contribution in [1.82, 2.24) is 0 Å². The Bertz CT molecular complexity index is 183. The van der Waals surface area contributed by atoms with Gasteiger partial charge in [0.15, 0.2) is 0 Å². The largest absolute Gasteiger partial charge is 0.497 e. The van der Waals surface area contributed by atoms with E-state index in [2.05, 4.69) is 20.8 Å². The fourth-order valence-corrected chi connectivity index (χ4v) is 2.25. The van der Waals surface area contributed by atoms with Crippen LogP contribution in [-0.4, -0.2) is 6.10 Å². The molecule has 4 atom stereocenters. The molecule has 1 heterocycles. The van der Waals surface area contributed by atoms with Gasteiger partial charge in [0.05, 0.1) is 6.26 Å². The topological polar surface area (TPSA) is 9.23 Å². The molecule has 1 heteroatoms. The minimum atomic E-state index is 0.523. The lowest BCUT2D eigenvalue weighted by molar-refractivity contribution is -0.0486. The third-order valence-electron chi connectivity index (χ3n) is 3.20. The molecule has 0 aromatic rings. The quantitative estimate of drug-likeness (QED) is 0.498. The van der Waals surface area contributed by atoms with Crippen LogP contribution in [0, 0.1) is 17.8 Å². The van der Waals surface area contributed by atoms with E-state index in [-0.39, 0.29) is 0 Å². The van der Waals surface area contributed by atoms with Crippen LogP contribution in [0.15, 0.2) is 11.8 Å². The molecular formula is C9H14O. The first-order valence-corrected chi connectivity index (χ1v) is 4.04. The van der Waals surface area contributed by atoms with Gasteiger partial charge in [0.25, 0.3) is 0 Å². The molecular weight excluding hydrogens is 124 g/mol. The van der Waals surface area contributed by atoms with E-state index in [9.17, 15) is 0 Å². The van der Waals surface area contributed by atoms with Crippen LogP contribution < -0.4 is 0 Å². The fourth-order valence-electron chi connectivity index (χ4n) is 2.25. The third kappa shape index (κ3) is 0.536. The van der Waals surface area contributed by atoms with E-state index in [1.807, 2.05) is 6.26 Å².